The summed E-state index contributed by atoms with van der Waals surface area (Å²) >= 11 is 0. The van der Waals surface area contributed by atoms with Gasteiger partial charge in [0.2, 0.25) is 0 Å². The first kappa shape index (κ1) is 14.1. The van der Waals surface area contributed by atoms with Crippen LogP contribution in [0.4, 0.5) is 17.6 Å². The van der Waals surface area contributed by atoms with Crippen LogP contribution in [-0.2, 0) is 9.47 Å². The van der Waals surface area contributed by atoms with Crippen molar-refractivity contribution in [2.75, 3.05) is 19.8 Å². The van der Waals surface area contributed by atoms with E-state index in [9.17, 15) is 17.6 Å². The molecule has 0 aliphatic carbocycles. The number of halogens is 4. The van der Waals surface area contributed by atoms with E-state index in [0.717, 1.165) is 0 Å². The number of benzene rings is 1. The average Bonchev–Trinajstić information content (AvgIpc) is 2.77. The van der Waals surface area contributed by atoms with Gasteiger partial charge in [0.05, 0.1) is 13.2 Å². The largest absolute Gasteiger partial charge is 0.484 e. The predicted octanol–water partition coefficient (Wildman–Crippen LogP) is 2.82. The van der Waals surface area contributed by atoms with Gasteiger partial charge in [0.15, 0.2) is 18.2 Å². The van der Waals surface area contributed by atoms with Gasteiger partial charge in [-0.15, -0.1) is 0 Å². The third-order valence-electron chi connectivity index (χ3n) is 2.69. The highest BCUT2D eigenvalue weighted by molar-refractivity contribution is 5.28. The zero-order valence-corrected chi connectivity index (χ0v) is 10.1. The third kappa shape index (κ3) is 2.82. The Kier molecular flexibility index (Phi) is 3.69. The van der Waals surface area contributed by atoms with Crippen LogP contribution in [0, 0.1) is 12.7 Å². The van der Waals surface area contributed by atoms with E-state index in [0.29, 0.717) is 5.56 Å². The Bertz CT molecular complexity index is 453. The smallest absolute Gasteiger partial charge is 0.447 e. The molecule has 0 atom stereocenters. The summed E-state index contributed by atoms with van der Waals surface area (Å²) < 4.78 is 66.1. The summed E-state index contributed by atoms with van der Waals surface area (Å²) in [6.07, 6.45) is -4.75. The Labute approximate surface area is 107 Å². The van der Waals surface area contributed by atoms with E-state index in [1.165, 1.54) is 18.2 Å². The SMILES string of the molecule is Cc1ccc(OCC2(C(F)(F)F)OCCO2)c(F)c1. The number of alkyl halides is 3. The van der Waals surface area contributed by atoms with Crippen molar-refractivity contribution in [3.63, 3.8) is 0 Å². The summed E-state index contributed by atoms with van der Waals surface area (Å²) in [5.74, 6) is -3.81. The summed E-state index contributed by atoms with van der Waals surface area (Å²) in [5.41, 5.74) is 0.642. The first-order valence-electron chi connectivity index (χ1n) is 5.58. The fourth-order valence-electron chi connectivity index (χ4n) is 1.68. The van der Waals surface area contributed by atoms with Gasteiger partial charge in [0.25, 0.3) is 0 Å². The normalized spacial score (nSPS) is 18.6. The Morgan fingerprint density at radius 1 is 1.26 bits per heavy atom. The highest BCUT2D eigenvalue weighted by atomic mass is 19.4. The monoisotopic (exact) mass is 280 g/mol. The molecular formula is C12H12F4O3. The molecule has 0 saturated carbocycles. The zero-order chi connectivity index (χ0) is 14.1. The van der Waals surface area contributed by atoms with Crippen LogP contribution in [-0.4, -0.2) is 31.8 Å². The van der Waals surface area contributed by atoms with Crippen molar-refractivity contribution in [1.29, 1.82) is 0 Å². The van der Waals surface area contributed by atoms with Gasteiger partial charge >= 0.3 is 12.0 Å². The van der Waals surface area contributed by atoms with Crippen molar-refractivity contribution in [2.45, 2.75) is 18.9 Å². The lowest BCUT2D eigenvalue weighted by Gasteiger charge is -2.29. The molecule has 0 N–H and O–H groups in total. The molecule has 1 aromatic rings. The standard InChI is InChI=1S/C12H12F4O3/c1-8-2-3-10(9(13)6-8)17-7-11(12(14,15)16)18-4-5-19-11/h2-3,6H,4-5,7H2,1H3. The van der Waals surface area contributed by atoms with Crippen LogP contribution in [0.2, 0.25) is 0 Å². The van der Waals surface area contributed by atoms with Gasteiger partial charge in [0.1, 0.15) is 0 Å². The lowest BCUT2D eigenvalue weighted by molar-refractivity contribution is -0.350. The lowest BCUT2D eigenvalue weighted by atomic mass is 10.2. The number of ether oxygens (including phenoxy) is 3. The van der Waals surface area contributed by atoms with Gasteiger partial charge in [-0.1, -0.05) is 6.07 Å². The molecule has 0 unspecified atom stereocenters. The minimum absolute atomic E-state index is 0.181. The summed E-state index contributed by atoms with van der Waals surface area (Å²) in [6, 6.07) is 3.98. The second-order valence-electron chi connectivity index (χ2n) is 4.17. The average molecular weight is 280 g/mol. The molecule has 2 rings (SSSR count). The van der Waals surface area contributed by atoms with E-state index >= 15 is 0 Å². The zero-order valence-electron chi connectivity index (χ0n) is 10.1. The molecule has 106 valence electrons. The van der Waals surface area contributed by atoms with Crippen molar-refractivity contribution in [3.8, 4) is 5.75 Å². The molecule has 0 aromatic heterocycles. The van der Waals surface area contributed by atoms with Crippen LogP contribution in [0.15, 0.2) is 18.2 Å². The van der Waals surface area contributed by atoms with Crippen LogP contribution in [0.25, 0.3) is 0 Å². The summed E-state index contributed by atoms with van der Waals surface area (Å²) in [7, 11) is 0. The molecule has 19 heavy (non-hydrogen) atoms. The van der Waals surface area contributed by atoms with Crippen molar-refractivity contribution in [1.82, 2.24) is 0 Å². The molecular weight excluding hydrogens is 268 g/mol. The molecule has 1 aliphatic rings. The highest BCUT2D eigenvalue weighted by Crippen LogP contribution is 2.38. The second kappa shape index (κ2) is 4.97. The Morgan fingerprint density at radius 2 is 1.89 bits per heavy atom. The van der Waals surface area contributed by atoms with Gasteiger partial charge in [-0.3, -0.25) is 0 Å². The Morgan fingerprint density at radius 3 is 2.42 bits per heavy atom. The van der Waals surface area contributed by atoms with Crippen molar-refractivity contribution >= 4 is 0 Å². The minimum Gasteiger partial charge on any atom is -0.484 e. The van der Waals surface area contributed by atoms with Gasteiger partial charge in [-0.2, -0.15) is 13.2 Å². The van der Waals surface area contributed by atoms with E-state index in [4.69, 9.17) is 4.74 Å². The maximum Gasteiger partial charge on any atom is 0.447 e. The van der Waals surface area contributed by atoms with Crippen molar-refractivity contribution < 1.29 is 31.8 Å². The van der Waals surface area contributed by atoms with Crippen molar-refractivity contribution in [2.24, 2.45) is 0 Å². The van der Waals surface area contributed by atoms with E-state index in [1.807, 2.05) is 0 Å². The molecule has 0 amide bonds. The van der Waals surface area contributed by atoms with Crippen LogP contribution >= 0.6 is 0 Å². The molecule has 7 heteroatoms. The number of hydrogen-bond donors (Lipinski definition) is 0. The van der Waals surface area contributed by atoms with Gasteiger partial charge in [0, 0.05) is 0 Å². The van der Waals surface area contributed by atoms with E-state index < -0.39 is 24.4 Å². The molecule has 1 saturated heterocycles. The molecule has 0 radical (unpaired) electrons. The van der Waals surface area contributed by atoms with Crippen LogP contribution < -0.4 is 4.74 Å². The number of rotatable bonds is 3. The summed E-state index contributed by atoms with van der Waals surface area (Å²) in [4.78, 5) is 0. The molecule has 1 heterocycles. The summed E-state index contributed by atoms with van der Waals surface area (Å²) in [6.45, 7) is 0.349. The number of aryl methyl sites for hydroxylation is 1. The van der Waals surface area contributed by atoms with Crippen LogP contribution in [0.1, 0.15) is 5.56 Å². The van der Waals surface area contributed by atoms with E-state index in [-0.39, 0.29) is 19.0 Å². The molecule has 1 fully saturated rings. The fraction of sp³-hybridized carbons (Fsp3) is 0.500. The maximum atomic E-state index is 13.5. The second-order valence-corrected chi connectivity index (χ2v) is 4.17. The predicted molar refractivity (Wildman–Crippen MR) is 57.3 cm³/mol. The molecule has 1 aliphatic heterocycles. The topological polar surface area (TPSA) is 27.7 Å². The van der Waals surface area contributed by atoms with Crippen LogP contribution in [0.3, 0.4) is 0 Å². The van der Waals surface area contributed by atoms with Crippen LogP contribution in [0.5, 0.6) is 5.75 Å². The maximum absolute atomic E-state index is 13.5. The third-order valence-corrected chi connectivity index (χ3v) is 2.69. The van der Waals surface area contributed by atoms with E-state index in [2.05, 4.69) is 9.47 Å². The van der Waals surface area contributed by atoms with Gasteiger partial charge < -0.3 is 14.2 Å². The quantitative estimate of drug-likeness (QED) is 0.797. The Balaban J connectivity index is 2.12. The molecule has 0 spiro atoms. The minimum atomic E-state index is -4.75. The summed E-state index contributed by atoms with van der Waals surface area (Å²) in [5, 5.41) is 0. The highest BCUT2D eigenvalue weighted by Gasteiger charge is 2.61. The first-order valence-corrected chi connectivity index (χ1v) is 5.58. The molecule has 3 nitrogen and oxygen atoms in total. The molecule has 0 bridgehead atoms. The number of hydrogen-bond acceptors (Lipinski definition) is 3. The Hall–Kier alpha value is -1.34. The lowest BCUT2D eigenvalue weighted by Crippen LogP contribution is -2.51. The van der Waals surface area contributed by atoms with E-state index in [1.54, 1.807) is 6.92 Å². The van der Waals surface area contributed by atoms with Gasteiger partial charge in [-0.05, 0) is 24.6 Å². The van der Waals surface area contributed by atoms with Crippen molar-refractivity contribution in [3.05, 3.63) is 29.6 Å². The van der Waals surface area contributed by atoms with Gasteiger partial charge in [-0.25, -0.2) is 4.39 Å². The fourth-order valence-corrected chi connectivity index (χ4v) is 1.68. The molecule has 1 aromatic carbocycles. The first-order chi connectivity index (χ1) is 8.84.